The molecule has 0 aromatic heterocycles. The minimum Gasteiger partial charge on any atom is -0.488 e. The van der Waals surface area contributed by atoms with E-state index < -0.39 is 0 Å². The van der Waals surface area contributed by atoms with Crippen LogP contribution in [-0.4, -0.2) is 5.78 Å². The minimum absolute atomic E-state index is 0.0887. The van der Waals surface area contributed by atoms with Crippen molar-refractivity contribution in [2.75, 3.05) is 0 Å². The molecule has 0 fully saturated rings. The fraction of sp³-hybridized carbons (Fsp3) is 0.235. The molecule has 110 valence electrons. The Balaban J connectivity index is 2.22. The number of Topliss-reactive ketones (excluding diaryl/α,β-unsaturated/α-hetero) is 1. The number of ether oxygens (including phenoxy) is 1. The van der Waals surface area contributed by atoms with Crippen molar-refractivity contribution in [3.8, 4) is 5.75 Å². The molecule has 0 bridgehead atoms. The summed E-state index contributed by atoms with van der Waals surface area (Å²) in [5.41, 5.74) is 8.32. The van der Waals surface area contributed by atoms with E-state index in [9.17, 15) is 4.79 Å². The molecular formula is C17H18BrNO2. The van der Waals surface area contributed by atoms with Crippen molar-refractivity contribution in [1.82, 2.24) is 0 Å². The summed E-state index contributed by atoms with van der Waals surface area (Å²) in [4.78, 5) is 11.9. The number of hydrogen-bond donors (Lipinski definition) is 1. The normalized spacial score (nSPS) is 10.4. The molecule has 0 aliphatic heterocycles. The lowest BCUT2D eigenvalue weighted by Gasteiger charge is -2.13. The molecule has 0 spiro atoms. The lowest BCUT2D eigenvalue weighted by Crippen LogP contribution is -2.08. The van der Waals surface area contributed by atoms with Crippen LogP contribution in [0.3, 0.4) is 0 Å². The Labute approximate surface area is 133 Å². The smallest absolute Gasteiger partial charge is 0.162 e. The number of benzene rings is 2. The maximum atomic E-state index is 11.9. The van der Waals surface area contributed by atoms with E-state index in [1.54, 1.807) is 6.07 Å². The molecule has 0 atom stereocenters. The van der Waals surface area contributed by atoms with Crippen LogP contribution >= 0.6 is 15.9 Å². The van der Waals surface area contributed by atoms with Gasteiger partial charge in [-0.15, -0.1) is 0 Å². The summed E-state index contributed by atoms with van der Waals surface area (Å²) in [6.07, 6.45) is 0.462. The van der Waals surface area contributed by atoms with E-state index in [0.29, 0.717) is 30.9 Å². The molecule has 0 aliphatic rings. The van der Waals surface area contributed by atoms with Crippen molar-refractivity contribution in [1.29, 1.82) is 0 Å². The third kappa shape index (κ3) is 3.93. The zero-order valence-corrected chi connectivity index (χ0v) is 13.5. The monoisotopic (exact) mass is 347 g/mol. The van der Waals surface area contributed by atoms with Crippen LogP contribution in [0.1, 0.15) is 34.8 Å². The van der Waals surface area contributed by atoms with Gasteiger partial charge in [0.1, 0.15) is 12.4 Å². The van der Waals surface area contributed by atoms with Crippen molar-refractivity contribution in [3.63, 3.8) is 0 Å². The fourth-order valence-electron chi connectivity index (χ4n) is 2.06. The van der Waals surface area contributed by atoms with E-state index in [1.807, 2.05) is 43.3 Å². The molecule has 0 radical (unpaired) electrons. The standard InChI is InChI=1S/C17H18BrNO2/c1-2-16(20)14-9-15(18)17(8-13(14)10-19)21-11-12-6-4-3-5-7-12/h3-9H,2,10-11,19H2,1H3. The highest BCUT2D eigenvalue weighted by Crippen LogP contribution is 2.30. The molecule has 2 aromatic carbocycles. The van der Waals surface area contributed by atoms with E-state index >= 15 is 0 Å². The van der Waals surface area contributed by atoms with Crippen LogP contribution in [0.15, 0.2) is 46.9 Å². The van der Waals surface area contributed by atoms with E-state index in [1.165, 1.54) is 0 Å². The first-order chi connectivity index (χ1) is 10.2. The van der Waals surface area contributed by atoms with E-state index in [4.69, 9.17) is 10.5 Å². The lowest BCUT2D eigenvalue weighted by molar-refractivity contribution is 0.0987. The number of hydrogen-bond acceptors (Lipinski definition) is 3. The topological polar surface area (TPSA) is 52.3 Å². The third-order valence-electron chi connectivity index (χ3n) is 3.24. The largest absolute Gasteiger partial charge is 0.488 e. The molecule has 0 saturated carbocycles. The first-order valence-corrected chi connectivity index (χ1v) is 7.67. The molecule has 2 rings (SSSR count). The van der Waals surface area contributed by atoms with Crippen LogP contribution in [0.5, 0.6) is 5.75 Å². The van der Waals surface area contributed by atoms with Gasteiger partial charge in [0.25, 0.3) is 0 Å². The fourth-order valence-corrected chi connectivity index (χ4v) is 2.52. The molecular weight excluding hydrogens is 330 g/mol. The second kappa shape index (κ2) is 7.38. The van der Waals surface area contributed by atoms with Crippen LogP contribution in [0.25, 0.3) is 0 Å². The van der Waals surface area contributed by atoms with Crippen molar-refractivity contribution >= 4 is 21.7 Å². The highest BCUT2D eigenvalue weighted by molar-refractivity contribution is 9.10. The maximum Gasteiger partial charge on any atom is 0.162 e. The molecule has 0 aliphatic carbocycles. The van der Waals surface area contributed by atoms with Gasteiger partial charge in [-0.25, -0.2) is 0 Å². The summed E-state index contributed by atoms with van der Waals surface area (Å²) in [5.74, 6) is 0.790. The molecule has 2 N–H and O–H groups in total. The van der Waals surface area contributed by atoms with Crippen LogP contribution in [0.2, 0.25) is 0 Å². The predicted octanol–water partition coefficient (Wildman–Crippen LogP) is 4.08. The van der Waals surface area contributed by atoms with Crippen LogP contribution in [0, 0.1) is 0 Å². The van der Waals surface area contributed by atoms with Crippen molar-refractivity contribution in [3.05, 3.63) is 63.6 Å². The van der Waals surface area contributed by atoms with Gasteiger partial charge in [-0.2, -0.15) is 0 Å². The van der Waals surface area contributed by atoms with Gasteiger partial charge in [-0.1, -0.05) is 37.3 Å². The molecule has 4 heteroatoms. The highest BCUT2D eigenvalue weighted by Gasteiger charge is 2.13. The quantitative estimate of drug-likeness (QED) is 0.801. The molecule has 0 unspecified atom stereocenters. The number of ketones is 1. The Morgan fingerprint density at radius 1 is 1.24 bits per heavy atom. The summed E-state index contributed by atoms with van der Waals surface area (Å²) in [7, 11) is 0. The number of carbonyl (C=O) groups excluding carboxylic acids is 1. The minimum atomic E-state index is 0.0887. The average molecular weight is 348 g/mol. The summed E-state index contributed by atoms with van der Waals surface area (Å²) in [6, 6.07) is 13.6. The van der Waals surface area contributed by atoms with Crippen LogP contribution in [-0.2, 0) is 13.2 Å². The van der Waals surface area contributed by atoms with Gasteiger partial charge in [-0.05, 0) is 39.2 Å². The second-order valence-corrected chi connectivity index (χ2v) is 5.55. The molecule has 2 aromatic rings. The van der Waals surface area contributed by atoms with Crippen LogP contribution < -0.4 is 10.5 Å². The molecule has 21 heavy (non-hydrogen) atoms. The van der Waals surface area contributed by atoms with Gasteiger partial charge >= 0.3 is 0 Å². The Morgan fingerprint density at radius 3 is 2.57 bits per heavy atom. The summed E-state index contributed by atoms with van der Waals surface area (Å²) in [5, 5.41) is 0. The number of halogens is 1. The van der Waals surface area contributed by atoms with E-state index in [0.717, 1.165) is 15.6 Å². The van der Waals surface area contributed by atoms with Gasteiger partial charge in [-0.3, -0.25) is 4.79 Å². The molecule has 3 nitrogen and oxygen atoms in total. The Hall–Kier alpha value is -1.65. The first-order valence-electron chi connectivity index (χ1n) is 6.88. The van der Waals surface area contributed by atoms with E-state index in [-0.39, 0.29) is 5.78 Å². The Kier molecular flexibility index (Phi) is 5.53. The third-order valence-corrected chi connectivity index (χ3v) is 3.86. The van der Waals surface area contributed by atoms with Gasteiger partial charge in [0, 0.05) is 18.5 Å². The van der Waals surface area contributed by atoms with Gasteiger partial charge in [0.05, 0.1) is 4.47 Å². The molecule has 0 heterocycles. The maximum absolute atomic E-state index is 11.9. The molecule has 0 saturated heterocycles. The van der Waals surface area contributed by atoms with Crippen molar-refractivity contribution in [2.45, 2.75) is 26.5 Å². The van der Waals surface area contributed by atoms with Gasteiger partial charge in [0.15, 0.2) is 5.78 Å². The lowest BCUT2D eigenvalue weighted by atomic mass is 10.0. The van der Waals surface area contributed by atoms with Crippen molar-refractivity contribution in [2.24, 2.45) is 5.73 Å². The zero-order valence-electron chi connectivity index (χ0n) is 11.9. The summed E-state index contributed by atoms with van der Waals surface area (Å²) >= 11 is 3.46. The summed E-state index contributed by atoms with van der Waals surface area (Å²) < 4.78 is 6.59. The SMILES string of the molecule is CCC(=O)c1cc(Br)c(OCc2ccccc2)cc1CN. The first kappa shape index (κ1) is 15.7. The highest BCUT2D eigenvalue weighted by atomic mass is 79.9. The Bertz CT molecular complexity index is 626. The second-order valence-electron chi connectivity index (χ2n) is 4.69. The van der Waals surface area contributed by atoms with Crippen LogP contribution in [0.4, 0.5) is 0 Å². The predicted molar refractivity (Wildman–Crippen MR) is 87.4 cm³/mol. The summed E-state index contributed by atoms with van der Waals surface area (Å²) in [6.45, 7) is 2.64. The zero-order chi connectivity index (χ0) is 15.2. The van der Waals surface area contributed by atoms with Gasteiger partial charge in [0.2, 0.25) is 0 Å². The Morgan fingerprint density at radius 2 is 1.95 bits per heavy atom. The number of nitrogens with two attached hydrogens (primary N) is 1. The number of rotatable bonds is 6. The molecule has 0 amide bonds. The van der Waals surface area contributed by atoms with Crippen molar-refractivity contribution < 1.29 is 9.53 Å². The van der Waals surface area contributed by atoms with Gasteiger partial charge < -0.3 is 10.5 Å². The van der Waals surface area contributed by atoms with E-state index in [2.05, 4.69) is 15.9 Å². The number of carbonyl (C=O) groups is 1. The average Bonchev–Trinajstić information content (AvgIpc) is 2.53.